The van der Waals surface area contributed by atoms with Crippen molar-refractivity contribution in [3.63, 3.8) is 0 Å². The number of halogens is 21. The molecule has 0 aromatic heterocycles. The number of hydrogen-bond donors (Lipinski definition) is 0. The van der Waals surface area contributed by atoms with Crippen molar-refractivity contribution in [2.75, 3.05) is 4.90 Å². The van der Waals surface area contributed by atoms with E-state index in [0.29, 0.717) is 0 Å². The molecule has 0 aliphatic carbocycles. The summed E-state index contributed by atoms with van der Waals surface area (Å²) in [6, 6.07) is 0. The number of alkyl halides is 9. The van der Waals surface area contributed by atoms with Crippen molar-refractivity contribution in [1.82, 2.24) is 0 Å². The van der Waals surface area contributed by atoms with E-state index in [-0.39, 0.29) is 0 Å². The molecule has 0 spiro atoms. The van der Waals surface area contributed by atoms with Crippen molar-refractivity contribution in [2.45, 2.75) is 18.5 Å². The molecule has 0 N–H and O–H groups in total. The summed E-state index contributed by atoms with van der Waals surface area (Å²) in [5.74, 6) is -44.6. The summed E-state index contributed by atoms with van der Waals surface area (Å²) in [6.45, 7) is 0. The van der Waals surface area contributed by atoms with Crippen molar-refractivity contribution >= 4 is 17.1 Å². The number of anilines is 3. The van der Waals surface area contributed by atoms with E-state index in [1.165, 1.54) is 0 Å². The number of nitrogens with zero attached hydrogens (tertiary/aromatic N) is 1. The van der Waals surface area contributed by atoms with Crippen LogP contribution in [-0.2, 0) is 18.5 Å². The largest absolute Gasteiger partial charge is 0.422 e. The molecule has 0 aliphatic rings. The summed E-state index contributed by atoms with van der Waals surface area (Å²) in [5, 5.41) is 0. The molecular formula is C21F21N. The minimum absolute atomic E-state index is 2.09. The Labute approximate surface area is 220 Å². The zero-order chi connectivity index (χ0) is 33.5. The van der Waals surface area contributed by atoms with Crippen LogP contribution in [0.4, 0.5) is 109 Å². The van der Waals surface area contributed by atoms with E-state index in [2.05, 4.69) is 0 Å². The van der Waals surface area contributed by atoms with Crippen molar-refractivity contribution in [2.24, 2.45) is 0 Å². The molecule has 3 aromatic rings. The van der Waals surface area contributed by atoms with E-state index in [1.54, 1.807) is 0 Å². The molecule has 0 bridgehead atoms. The van der Waals surface area contributed by atoms with Gasteiger partial charge in [-0.3, -0.25) is 4.90 Å². The van der Waals surface area contributed by atoms with Gasteiger partial charge in [0.15, 0.2) is 69.8 Å². The van der Waals surface area contributed by atoms with Crippen LogP contribution in [0.1, 0.15) is 16.7 Å². The maximum atomic E-state index is 14.8. The summed E-state index contributed by atoms with van der Waals surface area (Å²) in [5.41, 5.74) is -21.0. The van der Waals surface area contributed by atoms with Crippen LogP contribution in [0, 0.1) is 69.8 Å². The van der Waals surface area contributed by atoms with Gasteiger partial charge in [0.1, 0.15) is 33.8 Å². The average molecular weight is 665 g/mol. The predicted molar refractivity (Wildman–Crippen MR) is 95.6 cm³/mol. The Hall–Kier alpha value is -4.01. The normalized spacial score (nSPS) is 12.8. The standard InChI is InChI=1S/C21F21N/c22-4-1(19(34,35)36)5(23)11(29)16(10(4)28)43(17-12(30)6(24)2(20(37,38)39)7(25)13(17)31)18-14(32)8(26)3(21(40,41)42)9(27)15(18)33. The lowest BCUT2D eigenvalue weighted by molar-refractivity contribution is -0.144. The van der Waals surface area contributed by atoms with Crippen LogP contribution in [0.2, 0.25) is 0 Å². The Morgan fingerprint density at radius 1 is 0.256 bits per heavy atom. The lowest BCUT2D eigenvalue weighted by atomic mass is 10.0. The minimum atomic E-state index is -6.44. The van der Waals surface area contributed by atoms with E-state index in [4.69, 9.17) is 0 Å². The summed E-state index contributed by atoms with van der Waals surface area (Å²) in [7, 11) is 0. The maximum Gasteiger partial charge on any atom is 0.422 e. The second-order valence-electron chi connectivity index (χ2n) is 7.77. The van der Waals surface area contributed by atoms with Crippen LogP contribution in [0.15, 0.2) is 0 Å². The van der Waals surface area contributed by atoms with Crippen molar-refractivity contribution in [3.8, 4) is 0 Å². The summed E-state index contributed by atoms with van der Waals surface area (Å²) in [6.07, 6.45) is -19.3. The Morgan fingerprint density at radius 3 is 0.512 bits per heavy atom. The van der Waals surface area contributed by atoms with Gasteiger partial charge >= 0.3 is 18.5 Å². The Morgan fingerprint density at radius 2 is 0.395 bits per heavy atom. The third kappa shape index (κ3) is 5.12. The van der Waals surface area contributed by atoms with Crippen LogP contribution in [-0.4, -0.2) is 0 Å². The Bertz CT molecular complexity index is 1360. The van der Waals surface area contributed by atoms with Gasteiger partial charge in [0.2, 0.25) is 0 Å². The minimum Gasteiger partial charge on any atom is -0.294 e. The first kappa shape index (κ1) is 33.5. The lowest BCUT2D eigenvalue weighted by Gasteiger charge is -2.29. The highest BCUT2D eigenvalue weighted by Crippen LogP contribution is 2.50. The van der Waals surface area contributed by atoms with Crippen LogP contribution < -0.4 is 4.90 Å². The van der Waals surface area contributed by atoms with Crippen molar-refractivity contribution in [1.29, 1.82) is 0 Å². The smallest absolute Gasteiger partial charge is 0.294 e. The molecule has 0 aliphatic heterocycles. The Balaban J connectivity index is 2.74. The molecule has 0 saturated heterocycles. The molecule has 0 fully saturated rings. The first-order valence-electron chi connectivity index (χ1n) is 9.89. The van der Waals surface area contributed by atoms with Gasteiger partial charge in [0.25, 0.3) is 0 Å². The molecule has 0 unspecified atom stereocenters. The third-order valence-electron chi connectivity index (χ3n) is 5.24. The van der Waals surface area contributed by atoms with Gasteiger partial charge in [-0.25, -0.2) is 52.7 Å². The zero-order valence-corrected chi connectivity index (χ0v) is 18.9. The van der Waals surface area contributed by atoms with Gasteiger partial charge in [-0.2, -0.15) is 39.5 Å². The molecule has 0 heterocycles. The molecule has 3 aromatic carbocycles. The summed E-state index contributed by atoms with van der Waals surface area (Å²) < 4.78 is 291. The lowest BCUT2D eigenvalue weighted by Crippen LogP contribution is -2.27. The third-order valence-corrected chi connectivity index (χ3v) is 5.24. The average Bonchev–Trinajstić information content (AvgIpc) is 2.83. The van der Waals surface area contributed by atoms with E-state index in [9.17, 15) is 92.2 Å². The highest BCUT2D eigenvalue weighted by molar-refractivity contribution is 5.80. The van der Waals surface area contributed by atoms with Crippen molar-refractivity contribution < 1.29 is 92.2 Å². The molecular weight excluding hydrogens is 665 g/mol. The first-order valence-corrected chi connectivity index (χ1v) is 9.89. The highest BCUT2D eigenvalue weighted by atomic mass is 19.4. The van der Waals surface area contributed by atoms with Gasteiger partial charge < -0.3 is 0 Å². The van der Waals surface area contributed by atoms with Crippen LogP contribution in [0.5, 0.6) is 0 Å². The first-order chi connectivity index (χ1) is 19.3. The maximum absolute atomic E-state index is 14.8. The fourth-order valence-electron chi connectivity index (χ4n) is 3.53. The van der Waals surface area contributed by atoms with Gasteiger partial charge in [-0.1, -0.05) is 0 Å². The molecule has 0 amide bonds. The molecule has 1 nitrogen and oxygen atoms in total. The summed E-state index contributed by atoms with van der Waals surface area (Å²) in [4.78, 5) is -2.09. The molecule has 0 saturated carbocycles. The molecule has 236 valence electrons. The fraction of sp³-hybridized carbons (Fsp3) is 0.143. The van der Waals surface area contributed by atoms with Crippen LogP contribution in [0.3, 0.4) is 0 Å². The second-order valence-corrected chi connectivity index (χ2v) is 7.77. The second kappa shape index (κ2) is 10.3. The van der Waals surface area contributed by atoms with E-state index >= 15 is 0 Å². The van der Waals surface area contributed by atoms with Gasteiger partial charge in [0.05, 0.1) is 0 Å². The highest BCUT2D eigenvalue weighted by Gasteiger charge is 2.49. The molecule has 0 radical (unpaired) electrons. The van der Waals surface area contributed by atoms with E-state index in [0.717, 1.165) is 0 Å². The topological polar surface area (TPSA) is 3.24 Å². The van der Waals surface area contributed by atoms with E-state index < -0.39 is 127 Å². The fourth-order valence-corrected chi connectivity index (χ4v) is 3.53. The van der Waals surface area contributed by atoms with Gasteiger partial charge in [-0.05, 0) is 0 Å². The predicted octanol–water partition coefficient (Wildman–Crippen LogP) is 9.88. The molecule has 43 heavy (non-hydrogen) atoms. The zero-order valence-electron chi connectivity index (χ0n) is 18.9. The number of hydrogen-bond acceptors (Lipinski definition) is 1. The molecule has 0 atom stereocenters. The van der Waals surface area contributed by atoms with E-state index in [1.807, 2.05) is 0 Å². The summed E-state index contributed by atoms with van der Waals surface area (Å²) >= 11 is 0. The quantitative estimate of drug-likeness (QED) is 0.199. The number of benzene rings is 3. The van der Waals surface area contributed by atoms with Crippen LogP contribution >= 0.6 is 0 Å². The van der Waals surface area contributed by atoms with Crippen LogP contribution in [0.25, 0.3) is 0 Å². The van der Waals surface area contributed by atoms with Gasteiger partial charge in [0, 0.05) is 0 Å². The monoisotopic (exact) mass is 665 g/mol. The molecule has 3 rings (SSSR count). The molecule has 22 heteroatoms. The number of rotatable bonds is 3. The Kier molecular flexibility index (Phi) is 8.03. The van der Waals surface area contributed by atoms with Crippen molar-refractivity contribution in [3.05, 3.63) is 86.5 Å². The van der Waals surface area contributed by atoms with Gasteiger partial charge in [-0.15, -0.1) is 0 Å². The SMILES string of the molecule is Fc1c(F)c(C(F)(F)F)c(F)c(F)c1N(c1c(F)c(F)c(C(F)(F)F)c(F)c1F)c1c(F)c(F)c(C(F)(F)F)c(F)c1F.